The third-order valence-corrected chi connectivity index (χ3v) is 5.99. The number of rotatable bonds is 8. The Hall–Kier alpha value is -3.66. The van der Waals surface area contributed by atoms with Crippen LogP contribution in [-0.2, 0) is 16.1 Å². The van der Waals surface area contributed by atoms with Crippen molar-refractivity contribution in [3.63, 3.8) is 0 Å². The predicted molar refractivity (Wildman–Crippen MR) is 135 cm³/mol. The Bertz CT molecular complexity index is 1400. The maximum atomic E-state index is 12.8. The van der Waals surface area contributed by atoms with E-state index in [0.717, 1.165) is 16.7 Å². The summed E-state index contributed by atoms with van der Waals surface area (Å²) in [6.07, 6.45) is 1.71. The molecule has 0 unspecified atom stereocenters. The number of pyridine rings is 1. The lowest BCUT2D eigenvalue weighted by Gasteiger charge is -2.23. The topological polar surface area (TPSA) is 113 Å². The molecule has 3 heterocycles. The van der Waals surface area contributed by atoms with Gasteiger partial charge in [-0.3, -0.25) is 9.20 Å². The molecule has 2 aromatic carbocycles. The number of hydrogen-bond acceptors (Lipinski definition) is 7. The lowest BCUT2D eigenvalue weighted by atomic mass is 10.1. The number of aromatic nitrogens is 3. The van der Waals surface area contributed by atoms with Gasteiger partial charge >= 0.3 is 0 Å². The maximum absolute atomic E-state index is 12.8. The van der Waals surface area contributed by atoms with Gasteiger partial charge in [0.25, 0.3) is 0 Å². The van der Waals surface area contributed by atoms with Gasteiger partial charge in [0.15, 0.2) is 23.0 Å². The SMILES string of the molecule is CC(C)(N)C(=O)N[C@H](COCc1ccccc1)c1nnc2c(-c3ccc4c(c3)OCO4)cc(Cl)cn12. The molecule has 186 valence electrons. The second-order valence-corrected chi connectivity index (χ2v) is 9.58. The molecule has 0 saturated heterocycles. The molecule has 0 bridgehead atoms. The van der Waals surface area contributed by atoms with Crippen LogP contribution in [0.25, 0.3) is 16.8 Å². The van der Waals surface area contributed by atoms with Gasteiger partial charge in [-0.05, 0) is 43.2 Å². The van der Waals surface area contributed by atoms with Crippen molar-refractivity contribution in [2.75, 3.05) is 13.4 Å². The Balaban J connectivity index is 1.50. The number of ether oxygens (including phenoxy) is 3. The summed E-state index contributed by atoms with van der Waals surface area (Å²) in [5.41, 5.74) is 8.14. The van der Waals surface area contributed by atoms with E-state index in [-0.39, 0.29) is 19.3 Å². The van der Waals surface area contributed by atoms with E-state index in [1.165, 1.54) is 0 Å². The first-order valence-corrected chi connectivity index (χ1v) is 11.8. The van der Waals surface area contributed by atoms with Crippen LogP contribution in [0.1, 0.15) is 31.3 Å². The number of carbonyl (C=O) groups is 1. The summed E-state index contributed by atoms with van der Waals surface area (Å²) in [7, 11) is 0. The summed E-state index contributed by atoms with van der Waals surface area (Å²) in [4.78, 5) is 12.8. The summed E-state index contributed by atoms with van der Waals surface area (Å²) in [5.74, 6) is 1.46. The van der Waals surface area contributed by atoms with E-state index in [0.29, 0.717) is 34.6 Å². The highest BCUT2D eigenvalue weighted by atomic mass is 35.5. The molecule has 0 aliphatic carbocycles. The summed E-state index contributed by atoms with van der Waals surface area (Å²) < 4.78 is 18.7. The van der Waals surface area contributed by atoms with E-state index >= 15 is 0 Å². The molecule has 1 amide bonds. The fourth-order valence-electron chi connectivity index (χ4n) is 3.89. The standard InChI is InChI=1S/C26H26ClN5O4/c1-26(2,28)25(33)29-20(14-34-13-16-6-4-3-5-7-16)24-31-30-23-19(11-18(27)12-32(23)24)17-8-9-21-22(10-17)36-15-35-21/h3-12,20H,13-15,28H2,1-2H3,(H,29,33)/t20-/m1/s1. The van der Waals surface area contributed by atoms with Gasteiger partial charge in [0, 0.05) is 11.8 Å². The minimum atomic E-state index is -1.09. The highest BCUT2D eigenvalue weighted by Crippen LogP contribution is 2.37. The number of nitrogens with zero attached hydrogens (tertiary/aromatic N) is 3. The monoisotopic (exact) mass is 507 g/mol. The Morgan fingerprint density at radius 2 is 1.94 bits per heavy atom. The number of halogens is 1. The quantitative estimate of drug-likeness (QED) is 0.372. The van der Waals surface area contributed by atoms with Gasteiger partial charge in [0.1, 0.15) is 6.04 Å². The Kier molecular flexibility index (Phi) is 6.53. The summed E-state index contributed by atoms with van der Waals surface area (Å²) in [6, 6.07) is 16.6. The van der Waals surface area contributed by atoms with Crippen molar-refractivity contribution in [2.24, 2.45) is 5.73 Å². The van der Waals surface area contributed by atoms with E-state index in [9.17, 15) is 4.79 Å². The highest BCUT2D eigenvalue weighted by Gasteiger charge is 2.28. The number of nitrogens with two attached hydrogens (primary N) is 1. The minimum absolute atomic E-state index is 0.156. The summed E-state index contributed by atoms with van der Waals surface area (Å²) in [6.45, 7) is 3.99. The molecule has 4 aromatic rings. The first kappa shape index (κ1) is 24.1. The zero-order valence-corrected chi connectivity index (χ0v) is 20.7. The summed E-state index contributed by atoms with van der Waals surface area (Å²) in [5, 5.41) is 12.3. The Morgan fingerprint density at radius 3 is 2.72 bits per heavy atom. The van der Waals surface area contributed by atoms with Gasteiger partial charge in [-0.2, -0.15) is 0 Å². The van der Waals surface area contributed by atoms with Crippen LogP contribution in [0, 0.1) is 0 Å². The average Bonchev–Trinajstić information content (AvgIpc) is 3.49. The normalized spacial score (nSPS) is 13.7. The van der Waals surface area contributed by atoms with Crippen LogP contribution < -0.4 is 20.5 Å². The zero-order valence-electron chi connectivity index (χ0n) is 19.9. The van der Waals surface area contributed by atoms with Crippen LogP contribution in [0.2, 0.25) is 5.02 Å². The molecule has 1 aliphatic rings. The van der Waals surface area contributed by atoms with Gasteiger partial charge in [-0.1, -0.05) is 48.0 Å². The van der Waals surface area contributed by atoms with Gasteiger partial charge in [-0.25, -0.2) is 0 Å². The minimum Gasteiger partial charge on any atom is -0.454 e. The van der Waals surface area contributed by atoms with Crippen molar-refractivity contribution in [3.05, 3.63) is 77.2 Å². The molecule has 5 rings (SSSR count). The van der Waals surface area contributed by atoms with Crippen molar-refractivity contribution < 1.29 is 19.0 Å². The van der Waals surface area contributed by atoms with Crippen LogP contribution in [0.3, 0.4) is 0 Å². The fraction of sp³-hybridized carbons (Fsp3) is 0.269. The van der Waals surface area contributed by atoms with Gasteiger partial charge in [-0.15, -0.1) is 10.2 Å². The largest absolute Gasteiger partial charge is 0.454 e. The molecule has 0 fully saturated rings. The van der Waals surface area contributed by atoms with Gasteiger partial charge in [0.2, 0.25) is 12.7 Å². The molecular formula is C26H26ClN5O4. The number of carbonyl (C=O) groups excluding carboxylic acids is 1. The molecule has 0 radical (unpaired) electrons. The van der Waals surface area contributed by atoms with Crippen molar-refractivity contribution >= 4 is 23.2 Å². The third kappa shape index (κ3) is 4.99. The second kappa shape index (κ2) is 9.77. The molecule has 10 heteroatoms. The van der Waals surface area contributed by atoms with Crippen molar-refractivity contribution in [3.8, 4) is 22.6 Å². The van der Waals surface area contributed by atoms with E-state index < -0.39 is 11.6 Å². The second-order valence-electron chi connectivity index (χ2n) is 9.14. The Morgan fingerprint density at radius 1 is 1.17 bits per heavy atom. The van der Waals surface area contributed by atoms with E-state index in [1.54, 1.807) is 24.4 Å². The lowest BCUT2D eigenvalue weighted by Crippen LogP contribution is -2.50. The highest BCUT2D eigenvalue weighted by molar-refractivity contribution is 6.31. The molecule has 0 saturated carbocycles. The molecular weight excluding hydrogens is 482 g/mol. The van der Waals surface area contributed by atoms with Gasteiger partial charge < -0.3 is 25.3 Å². The molecule has 2 aromatic heterocycles. The van der Waals surface area contributed by atoms with Crippen LogP contribution >= 0.6 is 11.6 Å². The van der Waals surface area contributed by atoms with E-state index in [1.807, 2.05) is 54.6 Å². The van der Waals surface area contributed by atoms with Crippen molar-refractivity contribution in [1.82, 2.24) is 19.9 Å². The van der Waals surface area contributed by atoms with E-state index in [4.69, 9.17) is 31.5 Å². The van der Waals surface area contributed by atoms with Crippen LogP contribution in [0.5, 0.6) is 11.5 Å². The van der Waals surface area contributed by atoms with Gasteiger partial charge in [0.05, 0.1) is 23.8 Å². The molecule has 3 N–H and O–H groups in total. The van der Waals surface area contributed by atoms with Crippen LogP contribution in [-0.4, -0.2) is 39.4 Å². The Labute approximate surface area is 213 Å². The average molecular weight is 508 g/mol. The molecule has 36 heavy (non-hydrogen) atoms. The van der Waals surface area contributed by atoms with E-state index in [2.05, 4.69) is 15.5 Å². The molecule has 0 spiro atoms. The maximum Gasteiger partial charge on any atom is 0.240 e. The zero-order chi connectivity index (χ0) is 25.3. The number of amides is 1. The lowest BCUT2D eigenvalue weighted by molar-refractivity contribution is -0.126. The number of benzene rings is 2. The van der Waals surface area contributed by atoms with Crippen LogP contribution in [0.4, 0.5) is 0 Å². The van der Waals surface area contributed by atoms with Crippen molar-refractivity contribution in [1.29, 1.82) is 0 Å². The number of hydrogen-bond donors (Lipinski definition) is 2. The predicted octanol–water partition coefficient (Wildman–Crippen LogP) is 3.89. The third-order valence-electron chi connectivity index (χ3n) is 5.78. The van der Waals surface area contributed by atoms with Crippen LogP contribution in [0.15, 0.2) is 60.8 Å². The fourth-order valence-corrected chi connectivity index (χ4v) is 4.09. The number of nitrogens with one attached hydrogen (secondary N) is 1. The molecule has 9 nitrogen and oxygen atoms in total. The number of fused-ring (bicyclic) bond motifs is 2. The molecule has 1 aliphatic heterocycles. The smallest absolute Gasteiger partial charge is 0.240 e. The molecule has 1 atom stereocenters. The first-order chi connectivity index (χ1) is 17.3. The summed E-state index contributed by atoms with van der Waals surface area (Å²) >= 11 is 6.52. The first-order valence-electron chi connectivity index (χ1n) is 11.5. The van der Waals surface area contributed by atoms with Crippen molar-refractivity contribution in [2.45, 2.75) is 32.0 Å².